The van der Waals surface area contributed by atoms with Crippen LogP contribution in [0.5, 0.6) is 5.75 Å². The normalized spacial score (nSPS) is 19.6. The summed E-state index contributed by atoms with van der Waals surface area (Å²) >= 11 is 0. The lowest BCUT2D eigenvalue weighted by Crippen LogP contribution is -2.36. The molecule has 16 heavy (non-hydrogen) atoms. The number of hydrogen-bond acceptors (Lipinski definition) is 4. The number of nitrogens with two attached hydrogens (primary N) is 1. The molecule has 0 spiro atoms. The van der Waals surface area contributed by atoms with E-state index in [4.69, 9.17) is 5.73 Å². The number of phenolic OH excluding ortho intramolecular Hbond substituents is 1. The highest BCUT2D eigenvalue weighted by Crippen LogP contribution is 2.27. The van der Waals surface area contributed by atoms with Gasteiger partial charge in [-0.2, -0.15) is 0 Å². The third-order valence-electron chi connectivity index (χ3n) is 2.68. The summed E-state index contributed by atoms with van der Waals surface area (Å²) in [6, 6.07) is 7.29. The maximum atomic E-state index is 9.45. The van der Waals surface area contributed by atoms with Gasteiger partial charge in [0.05, 0.1) is 12.6 Å². The van der Waals surface area contributed by atoms with Crippen molar-refractivity contribution in [3.8, 4) is 5.75 Å². The third kappa shape index (κ3) is 1.86. The van der Waals surface area contributed by atoms with Gasteiger partial charge in [-0.25, -0.2) is 0 Å². The maximum absolute atomic E-state index is 9.45. The Kier molecular flexibility index (Phi) is 2.81. The summed E-state index contributed by atoms with van der Waals surface area (Å²) in [6.07, 6.45) is 1.80. The minimum Gasteiger partial charge on any atom is -0.508 e. The highest BCUT2D eigenvalue weighted by atomic mass is 16.3. The van der Waals surface area contributed by atoms with Gasteiger partial charge >= 0.3 is 0 Å². The molecule has 1 heterocycles. The van der Waals surface area contributed by atoms with Gasteiger partial charge in [-0.3, -0.25) is 4.99 Å². The summed E-state index contributed by atoms with van der Waals surface area (Å²) in [5.74, 6) is 0.801. The smallest absolute Gasteiger partial charge is 0.192 e. The molecule has 1 atom stereocenters. The number of guanidine groups is 1. The zero-order valence-corrected chi connectivity index (χ0v) is 9.00. The fourth-order valence-corrected chi connectivity index (χ4v) is 1.91. The number of rotatable bonds is 3. The highest BCUT2D eigenvalue weighted by Gasteiger charge is 2.26. The molecule has 0 saturated heterocycles. The largest absolute Gasteiger partial charge is 0.508 e. The molecule has 0 fully saturated rings. The standard InChI is InChI=1S/C12H15N3O/c1-2-6-15-11(8-14-12(15)13)9-4-3-5-10(16)7-9/h2-5,7,11,16H,1,6,8H2,(H2,13,14). The van der Waals surface area contributed by atoms with Gasteiger partial charge in [-0.1, -0.05) is 18.2 Å². The van der Waals surface area contributed by atoms with Crippen LogP contribution in [-0.4, -0.2) is 29.1 Å². The van der Waals surface area contributed by atoms with Crippen LogP contribution in [0.15, 0.2) is 41.9 Å². The molecule has 1 aliphatic rings. The Bertz CT molecular complexity index is 428. The monoisotopic (exact) mass is 217 g/mol. The molecule has 1 aromatic carbocycles. The van der Waals surface area contributed by atoms with Crippen LogP contribution in [0.25, 0.3) is 0 Å². The fourth-order valence-electron chi connectivity index (χ4n) is 1.91. The number of aromatic hydroxyl groups is 1. The molecule has 0 amide bonds. The van der Waals surface area contributed by atoms with E-state index in [0.717, 1.165) is 5.56 Å². The van der Waals surface area contributed by atoms with Crippen molar-refractivity contribution in [2.75, 3.05) is 13.1 Å². The van der Waals surface area contributed by atoms with E-state index in [1.54, 1.807) is 18.2 Å². The van der Waals surface area contributed by atoms with E-state index >= 15 is 0 Å². The van der Waals surface area contributed by atoms with E-state index in [0.29, 0.717) is 19.0 Å². The van der Waals surface area contributed by atoms with Gasteiger partial charge in [-0.15, -0.1) is 6.58 Å². The van der Waals surface area contributed by atoms with Crippen molar-refractivity contribution in [2.45, 2.75) is 6.04 Å². The first-order valence-electron chi connectivity index (χ1n) is 5.18. The SMILES string of the molecule is C=CCN1C(N)=NCC1c1cccc(O)c1. The van der Waals surface area contributed by atoms with E-state index < -0.39 is 0 Å². The number of phenols is 1. The summed E-state index contributed by atoms with van der Waals surface area (Å²) in [5.41, 5.74) is 6.82. The first-order chi connectivity index (χ1) is 7.72. The van der Waals surface area contributed by atoms with Crippen molar-refractivity contribution < 1.29 is 5.11 Å². The van der Waals surface area contributed by atoms with Crippen LogP contribution in [-0.2, 0) is 0 Å². The van der Waals surface area contributed by atoms with Crippen LogP contribution in [0.2, 0.25) is 0 Å². The lowest BCUT2D eigenvalue weighted by Gasteiger charge is -2.25. The molecule has 1 unspecified atom stereocenters. The number of benzene rings is 1. The van der Waals surface area contributed by atoms with Crippen molar-refractivity contribution in [3.05, 3.63) is 42.5 Å². The second-order valence-corrected chi connectivity index (χ2v) is 3.75. The summed E-state index contributed by atoms with van der Waals surface area (Å²) in [7, 11) is 0. The zero-order chi connectivity index (χ0) is 11.5. The van der Waals surface area contributed by atoms with Gasteiger partial charge in [0, 0.05) is 6.54 Å². The predicted octanol–water partition coefficient (Wildman–Crippen LogP) is 1.25. The molecule has 4 nitrogen and oxygen atoms in total. The van der Waals surface area contributed by atoms with Gasteiger partial charge in [-0.05, 0) is 17.7 Å². The van der Waals surface area contributed by atoms with E-state index in [2.05, 4.69) is 11.6 Å². The Morgan fingerprint density at radius 2 is 2.44 bits per heavy atom. The van der Waals surface area contributed by atoms with Crippen LogP contribution in [0.1, 0.15) is 11.6 Å². The molecular formula is C12H15N3O. The molecular weight excluding hydrogens is 202 g/mol. The molecule has 3 N–H and O–H groups in total. The Hall–Kier alpha value is -1.97. The summed E-state index contributed by atoms with van der Waals surface area (Å²) < 4.78 is 0. The minimum atomic E-state index is 0.102. The van der Waals surface area contributed by atoms with Gasteiger partial charge in [0.15, 0.2) is 5.96 Å². The van der Waals surface area contributed by atoms with Crippen molar-refractivity contribution in [3.63, 3.8) is 0 Å². The lowest BCUT2D eigenvalue weighted by atomic mass is 10.1. The van der Waals surface area contributed by atoms with Crippen LogP contribution in [0, 0.1) is 0 Å². The molecule has 1 aromatic rings. The van der Waals surface area contributed by atoms with Crippen molar-refractivity contribution in [1.82, 2.24) is 4.90 Å². The molecule has 0 saturated carbocycles. The second-order valence-electron chi connectivity index (χ2n) is 3.75. The van der Waals surface area contributed by atoms with Gasteiger partial charge in [0.1, 0.15) is 5.75 Å². The molecule has 0 aliphatic carbocycles. The van der Waals surface area contributed by atoms with Crippen LogP contribution in [0.3, 0.4) is 0 Å². The van der Waals surface area contributed by atoms with Crippen molar-refractivity contribution in [1.29, 1.82) is 0 Å². The van der Waals surface area contributed by atoms with Gasteiger partial charge < -0.3 is 15.7 Å². The highest BCUT2D eigenvalue weighted by molar-refractivity contribution is 5.80. The van der Waals surface area contributed by atoms with E-state index in [9.17, 15) is 5.11 Å². The zero-order valence-electron chi connectivity index (χ0n) is 9.00. The Balaban J connectivity index is 2.25. The molecule has 1 aliphatic heterocycles. The lowest BCUT2D eigenvalue weighted by molar-refractivity contribution is 0.378. The summed E-state index contributed by atoms with van der Waals surface area (Å²) in [6.45, 7) is 4.99. The fraction of sp³-hybridized carbons (Fsp3) is 0.250. The third-order valence-corrected chi connectivity index (χ3v) is 2.68. The minimum absolute atomic E-state index is 0.102. The number of hydrogen-bond donors (Lipinski definition) is 2. The molecule has 0 bridgehead atoms. The summed E-state index contributed by atoms with van der Waals surface area (Å²) in [5, 5.41) is 9.45. The average molecular weight is 217 g/mol. The molecule has 0 radical (unpaired) electrons. The molecule has 2 rings (SSSR count). The van der Waals surface area contributed by atoms with Crippen molar-refractivity contribution >= 4 is 5.96 Å². The Morgan fingerprint density at radius 1 is 1.62 bits per heavy atom. The van der Waals surface area contributed by atoms with Crippen molar-refractivity contribution in [2.24, 2.45) is 10.7 Å². The molecule has 84 valence electrons. The van der Waals surface area contributed by atoms with E-state index in [-0.39, 0.29) is 11.8 Å². The topological polar surface area (TPSA) is 61.8 Å². The number of nitrogens with zero attached hydrogens (tertiary/aromatic N) is 2. The molecule has 4 heteroatoms. The summed E-state index contributed by atoms with van der Waals surface area (Å²) in [4.78, 5) is 6.19. The average Bonchev–Trinajstić information content (AvgIpc) is 2.61. The number of aliphatic imine (C=N–C) groups is 1. The first kappa shape index (κ1) is 10.5. The second kappa shape index (κ2) is 4.26. The van der Waals surface area contributed by atoms with Crippen LogP contribution in [0.4, 0.5) is 0 Å². The molecule has 0 aromatic heterocycles. The Morgan fingerprint density at radius 3 is 3.12 bits per heavy atom. The quantitative estimate of drug-likeness (QED) is 0.749. The van der Waals surface area contributed by atoms with E-state index in [1.165, 1.54) is 0 Å². The Labute approximate surface area is 94.7 Å². The van der Waals surface area contributed by atoms with E-state index in [1.807, 2.05) is 17.0 Å². The maximum Gasteiger partial charge on any atom is 0.192 e. The van der Waals surface area contributed by atoms with Crippen LogP contribution < -0.4 is 5.73 Å². The van der Waals surface area contributed by atoms with Gasteiger partial charge in [0.2, 0.25) is 0 Å². The predicted molar refractivity (Wildman–Crippen MR) is 64.2 cm³/mol. The first-order valence-corrected chi connectivity index (χ1v) is 5.18. The van der Waals surface area contributed by atoms with Gasteiger partial charge in [0.25, 0.3) is 0 Å². The van der Waals surface area contributed by atoms with Crippen LogP contribution >= 0.6 is 0 Å².